The van der Waals surface area contributed by atoms with E-state index < -0.39 is 10.0 Å². The molecule has 1 aromatic carbocycles. The van der Waals surface area contributed by atoms with Crippen molar-refractivity contribution < 1.29 is 13.2 Å². The van der Waals surface area contributed by atoms with Crippen LogP contribution < -0.4 is 9.62 Å². The van der Waals surface area contributed by atoms with Gasteiger partial charge in [-0.3, -0.25) is 9.10 Å². The maximum atomic E-state index is 12.2. The van der Waals surface area contributed by atoms with Crippen molar-refractivity contribution in [2.45, 2.75) is 39.4 Å². The second-order valence-electron chi connectivity index (χ2n) is 6.87. The lowest BCUT2D eigenvalue weighted by atomic mass is 10.1. The molecule has 0 saturated carbocycles. The lowest BCUT2D eigenvalue weighted by Crippen LogP contribution is -2.41. The minimum Gasteiger partial charge on any atom is -0.354 e. The van der Waals surface area contributed by atoms with Crippen molar-refractivity contribution in [1.82, 2.24) is 5.32 Å². The van der Waals surface area contributed by atoms with Crippen molar-refractivity contribution in [3.8, 4) is 0 Å². The molecule has 1 aromatic rings. The van der Waals surface area contributed by atoms with Gasteiger partial charge in [0, 0.05) is 17.0 Å². The number of benzene rings is 1. The van der Waals surface area contributed by atoms with Crippen molar-refractivity contribution in [2.75, 3.05) is 29.4 Å². The molecule has 1 amide bonds. The molecule has 0 fully saturated rings. The van der Waals surface area contributed by atoms with E-state index in [2.05, 4.69) is 26.1 Å². The fourth-order valence-electron chi connectivity index (χ4n) is 2.10. The van der Waals surface area contributed by atoms with Crippen molar-refractivity contribution in [3.63, 3.8) is 0 Å². The summed E-state index contributed by atoms with van der Waals surface area (Å²) in [5, 5.41) is 2.80. The van der Waals surface area contributed by atoms with Gasteiger partial charge in [0.25, 0.3) is 0 Å². The Bertz CT molecular complexity index is 680. The van der Waals surface area contributed by atoms with E-state index >= 15 is 0 Å². The molecule has 1 rings (SSSR count). The predicted molar refractivity (Wildman–Crippen MR) is 103 cm³/mol. The molecule has 7 heteroatoms. The third-order valence-electron chi connectivity index (χ3n) is 3.28. The van der Waals surface area contributed by atoms with Crippen LogP contribution >= 0.6 is 11.8 Å². The number of aryl methyl sites for hydroxylation is 2. The van der Waals surface area contributed by atoms with Crippen LogP contribution in [-0.2, 0) is 14.8 Å². The molecular formula is C17H28N2O3S2. The number of hydrogen-bond acceptors (Lipinski definition) is 4. The van der Waals surface area contributed by atoms with Crippen LogP contribution in [0.4, 0.5) is 5.69 Å². The molecule has 136 valence electrons. The third-order valence-corrected chi connectivity index (χ3v) is 5.68. The van der Waals surface area contributed by atoms with Crippen LogP contribution in [0.15, 0.2) is 18.2 Å². The van der Waals surface area contributed by atoms with Gasteiger partial charge in [0.2, 0.25) is 15.9 Å². The van der Waals surface area contributed by atoms with E-state index in [1.54, 1.807) is 17.8 Å². The second-order valence-corrected chi connectivity index (χ2v) is 10.7. The third kappa shape index (κ3) is 7.13. The molecule has 0 aromatic heterocycles. The summed E-state index contributed by atoms with van der Waals surface area (Å²) in [7, 11) is -3.54. The molecule has 0 heterocycles. The fraction of sp³-hybridized carbons (Fsp3) is 0.588. The number of amides is 1. The van der Waals surface area contributed by atoms with Gasteiger partial charge in [-0.15, -0.1) is 0 Å². The Kier molecular flexibility index (Phi) is 7.16. The van der Waals surface area contributed by atoms with Gasteiger partial charge in [0.05, 0.1) is 11.9 Å². The molecular weight excluding hydrogens is 344 g/mol. The first-order valence-corrected chi connectivity index (χ1v) is 10.7. The summed E-state index contributed by atoms with van der Waals surface area (Å²) >= 11 is 1.75. The van der Waals surface area contributed by atoms with Gasteiger partial charge in [0.1, 0.15) is 6.54 Å². The molecule has 0 bridgehead atoms. The number of rotatable bonds is 7. The molecule has 0 spiro atoms. The molecule has 0 radical (unpaired) electrons. The number of sulfonamides is 1. The highest BCUT2D eigenvalue weighted by Crippen LogP contribution is 2.24. The van der Waals surface area contributed by atoms with Gasteiger partial charge in [-0.1, -0.05) is 32.9 Å². The van der Waals surface area contributed by atoms with E-state index in [0.29, 0.717) is 12.2 Å². The van der Waals surface area contributed by atoms with E-state index in [9.17, 15) is 13.2 Å². The van der Waals surface area contributed by atoms with Gasteiger partial charge < -0.3 is 5.32 Å². The van der Waals surface area contributed by atoms with Gasteiger partial charge in [-0.05, 0) is 31.0 Å². The van der Waals surface area contributed by atoms with E-state index in [1.165, 1.54) is 4.31 Å². The van der Waals surface area contributed by atoms with Crippen LogP contribution in [0, 0.1) is 13.8 Å². The number of hydrogen-bond donors (Lipinski definition) is 1. The SMILES string of the molecule is Cc1ccc(C)c(N(CC(=O)NCCSC(C)(C)C)S(C)(=O)=O)c1. The van der Waals surface area contributed by atoms with Crippen LogP contribution in [-0.4, -0.2) is 44.2 Å². The Morgan fingerprint density at radius 2 is 1.88 bits per heavy atom. The monoisotopic (exact) mass is 372 g/mol. The highest BCUT2D eigenvalue weighted by molar-refractivity contribution is 8.00. The smallest absolute Gasteiger partial charge is 0.240 e. The number of thioether (sulfide) groups is 1. The largest absolute Gasteiger partial charge is 0.354 e. The van der Waals surface area contributed by atoms with Gasteiger partial charge in [-0.25, -0.2) is 8.42 Å². The maximum absolute atomic E-state index is 12.2. The Morgan fingerprint density at radius 3 is 2.42 bits per heavy atom. The number of nitrogens with one attached hydrogen (secondary N) is 1. The Morgan fingerprint density at radius 1 is 1.25 bits per heavy atom. The Labute approximate surface area is 150 Å². The lowest BCUT2D eigenvalue weighted by Gasteiger charge is -2.24. The van der Waals surface area contributed by atoms with E-state index in [-0.39, 0.29) is 17.2 Å². The zero-order valence-electron chi connectivity index (χ0n) is 15.3. The zero-order valence-corrected chi connectivity index (χ0v) is 17.0. The van der Waals surface area contributed by atoms with Crippen molar-refractivity contribution in [3.05, 3.63) is 29.3 Å². The maximum Gasteiger partial charge on any atom is 0.240 e. The standard InChI is InChI=1S/C17H28N2O3S2/c1-13-7-8-14(2)15(11-13)19(24(6,21)22)12-16(20)18-9-10-23-17(3,4)5/h7-8,11H,9-10,12H2,1-6H3,(H,18,20). The van der Waals surface area contributed by atoms with Gasteiger partial charge >= 0.3 is 0 Å². The number of nitrogens with zero attached hydrogens (tertiary/aromatic N) is 1. The van der Waals surface area contributed by atoms with Crippen LogP contribution in [0.3, 0.4) is 0 Å². The van der Waals surface area contributed by atoms with E-state index in [4.69, 9.17) is 0 Å². The summed E-state index contributed by atoms with van der Waals surface area (Å²) in [5.41, 5.74) is 2.32. The van der Waals surface area contributed by atoms with E-state index in [1.807, 2.05) is 26.0 Å². The first-order valence-electron chi connectivity index (χ1n) is 7.86. The van der Waals surface area contributed by atoms with Crippen LogP contribution in [0.2, 0.25) is 0 Å². The Hall–Kier alpha value is -1.21. The summed E-state index contributed by atoms with van der Waals surface area (Å²) in [6, 6.07) is 5.57. The Balaban J connectivity index is 2.78. The summed E-state index contributed by atoms with van der Waals surface area (Å²) in [5.74, 6) is 0.494. The zero-order chi connectivity index (χ0) is 18.5. The quantitative estimate of drug-likeness (QED) is 0.748. The molecule has 24 heavy (non-hydrogen) atoms. The highest BCUT2D eigenvalue weighted by Gasteiger charge is 2.22. The first-order chi connectivity index (χ1) is 10.9. The average Bonchev–Trinajstić information content (AvgIpc) is 2.42. The summed E-state index contributed by atoms with van der Waals surface area (Å²) in [6.45, 7) is 10.4. The predicted octanol–water partition coefficient (Wildman–Crippen LogP) is 2.72. The number of anilines is 1. The van der Waals surface area contributed by atoms with Crippen LogP contribution in [0.1, 0.15) is 31.9 Å². The van der Waals surface area contributed by atoms with Crippen molar-refractivity contribution >= 4 is 33.4 Å². The van der Waals surface area contributed by atoms with Crippen LogP contribution in [0.25, 0.3) is 0 Å². The summed E-state index contributed by atoms with van der Waals surface area (Å²) < 4.78 is 25.6. The second kappa shape index (κ2) is 8.25. The van der Waals surface area contributed by atoms with Gasteiger partial charge in [-0.2, -0.15) is 11.8 Å². The molecule has 0 unspecified atom stereocenters. The lowest BCUT2D eigenvalue weighted by molar-refractivity contribution is -0.119. The van der Waals surface area contributed by atoms with Crippen molar-refractivity contribution in [2.24, 2.45) is 0 Å². The average molecular weight is 373 g/mol. The number of carbonyl (C=O) groups is 1. The summed E-state index contributed by atoms with van der Waals surface area (Å²) in [6.07, 6.45) is 1.12. The fourth-order valence-corrected chi connectivity index (χ4v) is 3.83. The molecule has 0 atom stereocenters. The normalized spacial score (nSPS) is 12.1. The van der Waals surface area contributed by atoms with Gasteiger partial charge in [0.15, 0.2) is 0 Å². The molecule has 5 nitrogen and oxygen atoms in total. The van der Waals surface area contributed by atoms with E-state index in [0.717, 1.165) is 23.1 Å². The molecule has 0 saturated heterocycles. The molecule has 1 N–H and O–H groups in total. The van der Waals surface area contributed by atoms with Crippen molar-refractivity contribution in [1.29, 1.82) is 0 Å². The number of carbonyl (C=O) groups excluding carboxylic acids is 1. The highest BCUT2D eigenvalue weighted by atomic mass is 32.2. The molecule has 0 aliphatic carbocycles. The molecule has 0 aliphatic heterocycles. The minimum atomic E-state index is -3.54. The topological polar surface area (TPSA) is 66.5 Å². The molecule has 0 aliphatic rings. The van der Waals surface area contributed by atoms with Crippen LogP contribution in [0.5, 0.6) is 0 Å². The minimum absolute atomic E-state index is 0.141. The summed E-state index contributed by atoms with van der Waals surface area (Å²) in [4.78, 5) is 12.2. The first kappa shape index (κ1) is 20.8.